The van der Waals surface area contributed by atoms with Crippen LogP contribution in [-0.4, -0.2) is 48.4 Å². The summed E-state index contributed by atoms with van der Waals surface area (Å²) in [4.78, 5) is 0. The number of unbranched alkanes of at least 4 members (excludes halogenated alkanes) is 18. The Bertz CT molecular complexity index is 875. The van der Waals surface area contributed by atoms with Gasteiger partial charge in [0.1, 0.15) is 0 Å². The molecule has 0 fully saturated rings. The van der Waals surface area contributed by atoms with E-state index in [1.807, 2.05) is 0 Å². The molecule has 0 atom stereocenters. The fraction of sp³-hybridized carbons (Fsp3) is 0.960. The molecule has 0 heterocycles. The average Bonchev–Trinajstić information content (AvgIpc) is 3.49. The Balaban J connectivity index is -0.000000553. The molecule has 0 aliphatic carbocycles. The normalized spacial score (nSPS) is 12.5. The smallest absolute Gasteiger partial charge is 0.325 e. The molecule has 0 aliphatic rings. The van der Waals surface area contributed by atoms with Crippen LogP contribution in [0.2, 0.25) is 109 Å². The summed E-state index contributed by atoms with van der Waals surface area (Å²) in [5.41, 5.74) is 9.88. The predicted octanol–water partition coefficient (Wildman–Crippen LogP) is 29.9. The summed E-state index contributed by atoms with van der Waals surface area (Å²) in [6, 6.07) is 29.0. The molecule has 495 valence electrons. The second kappa shape index (κ2) is 61.7. The van der Waals surface area contributed by atoms with Gasteiger partial charge in [-0.2, -0.15) is 0 Å². The molecule has 0 aromatic carbocycles. The van der Waals surface area contributed by atoms with E-state index < -0.39 is 48.4 Å². The Morgan fingerprint density at radius 3 is 0.244 bits per heavy atom. The van der Waals surface area contributed by atoms with Gasteiger partial charge >= 0.3 is 17.4 Å². The van der Waals surface area contributed by atoms with Gasteiger partial charge in [-0.05, 0) is 0 Å². The van der Waals surface area contributed by atoms with E-state index in [-0.39, 0.29) is 17.4 Å². The van der Waals surface area contributed by atoms with Gasteiger partial charge in [-0.1, -0.05) is 513 Å². The third kappa shape index (κ3) is 44.3. The summed E-state index contributed by atoms with van der Waals surface area (Å²) in [7, 11) is -7.24. The Morgan fingerprint density at radius 2 is 0.195 bits per heavy atom. The van der Waals surface area contributed by atoms with E-state index in [4.69, 9.17) is 0 Å². The van der Waals surface area contributed by atoms with Crippen molar-refractivity contribution in [3.63, 3.8) is 0 Å². The van der Waals surface area contributed by atoms with E-state index in [0.29, 0.717) is 0 Å². The Hall–Kier alpha value is 1.83. The molecule has 0 rings (SSSR count). The van der Waals surface area contributed by atoms with Crippen LogP contribution in [0.3, 0.4) is 0 Å². The average molecular weight is 1290 g/mol. The molecule has 0 nitrogen and oxygen atoms in total. The van der Waals surface area contributed by atoms with Crippen molar-refractivity contribution in [2.45, 2.75) is 465 Å². The van der Waals surface area contributed by atoms with Crippen LogP contribution in [0.15, 0.2) is 0 Å². The first-order valence-corrected chi connectivity index (χ1v) is 55.0. The molecule has 82 heavy (non-hydrogen) atoms. The van der Waals surface area contributed by atoms with Crippen LogP contribution >= 0.6 is 0 Å². The van der Waals surface area contributed by atoms with Crippen LogP contribution in [-0.2, 0) is 17.4 Å². The second-order valence-corrected chi connectivity index (χ2v) is 57.3. The minimum absolute atomic E-state index is 0. The van der Waals surface area contributed by atoms with Gasteiger partial charge in [0, 0.05) is 0 Å². The number of rotatable bonds is 60. The number of hydrogen-bond acceptors (Lipinski definition) is 0. The van der Waals surface area contributed by atoms with Crippen molar-refractivity contribution in [3.8, 4) is 0 Å². The summed E-state index contributed by atoms with van der Waals surface area (Å²) in [5, 5.41) is 0. The van der Waals surface area contributed by atoms with E-state index in [9.17, 15) is 0 Å². The van der Waals surface area contributed by atoms with E-state index >= 15 is 0 Å². The fourth-order valence-electron chi connectivity index (χ4n) is 15.0. The van der Waals surface area contributed by atoms with Gasteiger partial charge < -0.3 is 17.0 Å². The van der Waals surface area contributed by atoms with Crippen LogP contribution in [0, 0.1) is 17.0 Å². The van der Waals surface area contributed by atoms with Gasteiger partial charge in [0.25, 0.3) is 0 Å². The van der Waals surface area contributed by atoms with Gasteiger partial charge in [-0.3, -0.25) is 0 Å². The molecule has 0 amide bonds. The van der Waals surface area contributed by atoms with Crippen molar-refractivity contribution in [1.82, 2.24) is 0 Å². The van der Waals surface area contributed by atoms with Crippen molar-refractivity contribution in [2.24, 2.45) is 0 Å². The summed E-state index contributed by atoms with van der Waals surface area (Å²) in [6.45, 7) is 43.4. The zero-order valence-corrected chi connectivity index (χ0v) is 68.6. The molecule has 1 radical (unpaired) electrons. The minimum Gasteiger partial charge on any atom is -0.325 e. The van der Waals surface area contributed by atoms with Crippen LogP contribution in [0.25, 0.3) is 0 Å². The first-order valence-electron chi connectivity index (χ1n) is 38.8. The third-order valence-corrected chi connectivity index (χ3v) is 59.3. The van der Waals surface area contributed by atoms with E-state index in [0.717, 1.165) is 0 Å². The van der Waals surface area contributed by atoms with E-state index in [2.05, 4.69) is 142 Å². The molecule has 0 spiro atoms. The van der Waals surface area contributed by atoms with Gasteiger partial charge in [-0.15, -0.1) is 0 Å². The molecule has 0 aromatic heterocycles. The maximum atomic E-state index is 3.29. The van der Waals surface area contributed by atoms with Gasteiger partial charge in [0.05, 0.1) is 0 Å². The molecule has 0 N–H and O–H groups in total. The van der Waals surface area contributed by atoms with Crippen molar-refractivity contribution in [1.29, 1.82) is 0 Å². The molecule has 0 saturated carbocycles. The van der Waals surface area contributed by atoms with Crippen LogP contribution in [0.1, 0.15) is 356 Å². The fourth-order valence-corrected chi connectivity index (χ4v) is 64.5. The zero-order chi connectivity index (χ0) is 61.3. The molecule has 0 saturated heterocycles. The van der Waals surface area contributed by atoms with Crippen LogP contribution < -0.4 is 0 Å². The van der Waals surface area contributed by atoms with Crippen molar-refractivity contribution in [3.05, 3.63) is 17.0 Å². The predicted molar refractivity (Wildman–Crippen MR) is 402 cm³/mol. The maximum absolute atomic E-state index is 3.29. The molecule has 0 aromatic rings. The quantitative estimate of drug-likeness (QED) is 0.0421. The molecule has 0 bridgehead atoms. The van der Waals surface area contributed by atoms with Crippen LogP contribution in [0.4, 0.5) is 0 Å². The standard InChI is InChI=1S/3C25H55Si2.Cr/c3*1-7-13-19-26(20-14-8-2,21-15-9-3)25-27(22-16-10-4,23-17-11-5)24-18-12-6;/h3*25H,7-24H2,1-6H3;/q3*-1;+3. The van der Waals surface area contributed by atoms with E-state index in [1.165, 1.54) is 231 Å². The molecule has 0 aliphatic heterocycles. The monoisotopic (exact) mass is 1290 g/mol. The number of hydrogen-bond donors (Lipinski definition) is 0. The minimum atomic E-state index is -1.21. The Labute approximate surface area is 543 Å². The van der Waals surface area contributed by atoms with Gasteiger partial charge in [-0.25, -0.2) is 0 Å². The largest absolute Gasteiger partial charge is 3.00 e. The molecule has 7 heteroatoms. The SMILES string of the molecule is CCCC[Si]([CH-][Si](CCCC)(CCCC)CCCC)(CCCC)CCCC.CCCC[Si]([CH-][Si](CCCC)(CCCC)CCCC)(CCCC)CCCC.CCCC[Si]([CH-][Si](CCCC)(CCCC)CCCC)(CCCC)CCCC.[Cr+3]. The Morgan fingerprint density at radius 1 is 0.134 bits per heavy atom. The Kier molecular flexibility index (Phi) is 67.9. The zero-order valence-electron chi connectivity index (χ0n) is 61.3. The van der Waals surface area contributed by atoms with Gasteiger partial charge in [0.15, 0.2) is 0 Å². The topological polar surface area (TPSA) is 0 Å². The summed E-state index contributed by atoms with van der Waals surface area (Å²) in [6.07, 6.45) is 52.1. The first-order chi connectivity index (χ1) is 39.2. The van der Waals surface area contributed by atoms with E-state index in [1.54, 1.807) is 109 Å². The third-order valence-electron chi connectivity index (χ3n) is 20.3. The maximum Gasteiger partial charge on any atom is 3.00 e. The molecular weight excluding hydrogens is 1120 g/mol. The molecule has 0 unspecified atom stereocenters. The van der Waals surface area contributed by atoms with Gasteiger partial charge in [0.2, 0.25) is 0 Å². The summed E-state index contributed by atoms with van der Waals surface area (Å²) >= 11 is 0. The van der Waals surface area contributed by atoms with Crippen molar-refractivity contribution >= 4 is 48.4 Å². The summed E-state index contributed by atoms with van der Waals surface area (Å²) < 4.78 is 0. The first kappa shape index (κ1) is 90.3. The van der Waals surface area contributed by atoms with Crippen molar-refractivity contribution < 1.29 is 17.4 Å². The molecular formula is C75H165CrSi6. The second-order valence-electron chi connectivity index (χ2n) is 28.5. The van der Waals surface area contributed by atoms with Crippen molar-refractivity contribution in [2.75, 3.05) is 0 Å². The summed E-state index contributed by atoms with van der Waals surface area (Å²) in [5.74, 6) is 0. The van der Waals surface area contributed by atoms with Crippen LogP contribution in [0.5, 0.6) is 0 Å².